The maximum absolute atomic E-state index is 13.6. The van der Waals surface area contributed by atoms with Crippen LogP contribution in [0, 0.1) is 12.7 Å². The van der Waals surface area contributed by atoms with Crippen molar-refractivity contribution in [2.24, 2.45) is 0 Å². The summed E-state index contributed by atoms with van der Waals surface area (Å²) in [6.07, 6.45) is 5.23. The van der Waals surface area contributed by atoms with Gasteiger partial charge in [-0.15, -0.1) is 0 Å². The summed E-state index contributed by atoms with van der Waals surface area (Å²) in [7, 11) is 0. The van der Waals surface area contributed by atoms with Crippen molar-refractivity contribution in [3.63, 3.8) is 0 Å². The number of hydrogen-bond acceptors (Lipinski definition) is 3. The van der Waals surface area contributed by atoms with E-state index in [-0.39, 0.29) is 30.5 Å². The standard InChI is InChI=1S/C17H21FN4O2/c1-12-3-4-14(18)15(9-12)21-17(24)6-5-16(23)20-10-13(2)22-8-7-19-11-22/h3-4,7-9,11,13H,5-6,10H2,1-2H3,(H,20,23)(H,21,24)/t13-/m1/s1. The van der Waals surface area contributed by atoms with Gasteiger partial charge in [0.25, 0.3) is 0 Å². The molecule has 2 N–H and O–H groups in total. The van der Waals surface area contributed by atoms with Crippen LogP contribution in [0.3, 0.4) is 0 Å². The summed E-state index contributed by atoms with van der Waals surface area (Å²) < 4.78 is 15.5. The molecule has 1 atom stereocenters. The van der Waals surface area contributed by atoms with E-state index in [1.807, 2.05) is 24.6 Å². The molecule has 0 radical (unpaired) electrons. The maximum atomic E-state index is 13.6. The van der Waals surface area contributed by atoms with E-state index in [0.717, 1.165) is 5.56 Å². The molecule has 0 aliphatic carbocycles. The molecule has 0 aliphatic heterocycles. The van der Waals surface area contributed by atoms with Crippen molar-refractivity contribution in [1.29, 1.82) is 0 Å². The maximum Gasteiger partial charge on any atom is 0.224 e. The number of benzene rings is 1. The lowest BCUT2D eigenvalue weighted by Gasteiger charge is -2.14. The summed E-state index contributed by atoms with van der Waals surface area (Å²) in [6.45, 7) is 4.21. The molecule has 24 heavy (non-hydrogen) atoms. The predicted molar refractivity (Wildman–Crippen MR) is 88.9 cm³/mol. The molecule has 6 nitrogen and oxygen atoms in total. The van der Waals surface area contributed by atoms with Crippen LogP contribution in [0.2, 0.25) is 0 Å². The Morgan fingerprint density at radius 3 is 2.75 bits per heavy atom. The van der Waals surface area contributed by atoms with Gasteiger partial charge >= 0.3 is 0 Å². The van der Waals surface area contributed by atoms with E-state index in [9.17, 15) is 14.0 Å². The zero-order chi connectivity index (χ0) is 17.5. The van der Waals surface area contributed by atoms with Gasteiger partial charge in [0.15, 0.2) is 0 Å². The molecule has 2 aromatic rings. The summed E-state index contributed by atoms with van der Waals surface area (Å²) in [4.78, 5) is 27.6. The van der Waals surface area contributed by atoms with E-state index in [1.165, 1.54) is 6.07 Å². The number of carbonyl (C=O) groups excluding carboxylic acids is 2. The largest absolute Gasteiger partial charge is 0.354 e. The molecule has 7 heteroatoms. The molecular formula is C17H21FN4O2. The van der Waals surface area contributed by atoms with Crippen LogP contribution < -0.4 is 10.6 Å². The van der Waals surface area contributed by atoms with Crippen LogP contribution in [0.15, 0.2) is 36.9 Å². The Bertz CT molecular complexity index is 701. The Morgan fingerprint density at radius 2 is 2.04 bits per heavy atom. The molecule has 2 amide bonds. The number of imidazole rings is 1. The molecule has 1 heterocycles. The van der Waals surface area contributed by atoms with Crippen molar-refractivity contribution in [2.45, 2.75) is 32.7 Å². The van der Waals surface area contributed by atoms with Crippen LogP contribution in [0.1, 0.15) is 31.4 Å². The summed E-state index contributed by atoms with van der Waals surface area (Å²) in [6, 6.07) is 4.56. The van der Waals surface area contributed by atoms with Gasteiger partial charge in [0.05, 0.1) is 12.0 Å². The van der Waals surface area contributed by atoms with Gasteiger partial charge in [-0.2, -0.15) is 0 Å². The zero-order valence-corrected chi connectivity index (χ0v) is 13.8. The Balaban J connectivity index is 1.73. The molecular weight excluding hydrogens is 311 g/mol. The first-order chi connectivity index (χ1) is 11.5. The number of amides is 2. The quantitative estimate of drug-likeness (QED) is 0.817. The van der Waals surface area contributed by atoms with Crippen molar-refractivity contribution in [3.8, 4) is 0 Å². The first-order valence-electron chi connectivity index (χ1n) is 7.76. The molecule has 0 saturated carbocycles. The normalized spacial score (nSPS) is 11.8. The Hall–Kier alpha value is -2.70. The average Bonchev–Trinajstić information content (AvgIpc) is 3.08. The fraction of sp³-hybridized carbons (Fsp3) is 0.353. The second kappa shape index (κ2) is 8.24. The number of aryl methyl sites for hydroxylation is 1. The number of nitrogens with one attached hydrogen (secondary N) is 2. The third-order valence-corrected chi connectivity index (χ3v) is 3.60. The van der Waals surface area contributed by atoms with Crippen LogP contribution in [-0.2, 0) is 9.59 Å². The number of nitrogens with zero attached hydrogens (tertiary/aromatic N) is 2. The van der Waals surface area contributed by atoms with Gasteiger partial charge in [-0.05, 0) is 31.5 Å². The molecule has 0 fully saturated rings. The molecule has 2 rings (SSSR count). The SMILES string of the molecule is Cc1ccc(F)c(NC(=O)CCC(=O)NC[C@@H](C)n2ccnc2)c1. The smallest absolute Gasteiger partial charge is 0.224 e. The number of anilines is 1. The van der Waals surface area contributed by atoms with Crippen LogP contribution >= 0.6 is 0 Å². The van der Waals surface area contributed by atoms with Crippen molar-refractivity contribution in [3.05, 3.63) is 48.3 Å². The average molecular weight is 332 g/mol. The Labute approximate surface area is 140 Å². The highest BCUT2D eigenvalue weighted by Crippen LogP contribution is 2.16. The van der Waals surface area contributed by atoms with Gasteiger partial charge < -0.3 is 15.2 Å². The van der Waals surface area contributed by atoms with Crippen molar-refractivity contribution >= 4 is 17.5 Å². The van der Waals surface area contributed by atoms with Crippen LogP contribution in [0.4, 0.5) is 10.1 Å². The van der Waals surface area contributed by atoms with Gasteiger partial charge in [-0.25, -0.2) is 9.37 Å². The lowest BCUT2D eigenvalue weighted by Crippen LogP contribution is -2.30. The lowest BCUT2D eigenvalue weighted by atomic mass is 10.2. The van der Waals surface area contributed by atoms with Crippen LogP contribution in [0.25, 0.3) is 0 Å². The van der Waals surface area contributed by atoms with Gasteiger partial charge in [0, 0.05) is 37.8 Å². The topological polar surface area (TPSA) is 76.0 Å². The molecule has 0 aliphatic rings. The first-order valence-corrected chi connectivity index (χ1v) is 7.76. The highest BCUT2D eigenvalue weighted by Gasteiger charge is 2.11. The van der Waals surface area contributed by atoms with E-state index >= 15 is 0 Å². The molecule has 1 aromatic heterocycles. The first kappa shape index (κ1) is 17.7. The molecule has 1 aromatic carbocycles. The van der Waals surface area contributed by atoms with Crippen LogP contribution in [0.5, 0.6) is 0 Å². The second-order valence-corrected chi connectivity index (χ2v) is 5.69. The second-order valence-electron chi connectivity index (χ2n) is 5.69. The predicted octanol–water partition coefficient (Wildman–Crippen LogP) is 2.43. The fourth-order valence-corrected chi connectivity index (χ4v) is 2.16. The van der Waals surface area contributed by atoms with E-state index in [2.05, 4.69) is 15.6 Å². The van der Waals surface area contributed by atoms with Gasteiger partial charge in [-0.3, -0.25) is 9.59 Å². The summed E-state index contributed by atoms with van der Waals surface area (Å²) in [5, 5.41) is 5.26. The van der Waals surface area contributed by atoms with E-state index in [1.54, 1.807) is 24.7 Å². The van der Waals surface area contributed by atoms with E-state index < -0.39 is 11.7 Å². The highest BCUT2D eigenvalue weighted by molar-refractivity contribution is 5.93. The fourth-order valence-electron chi connectivity index (χ4n) is 2.16. The van der Waals surface area contributed by atoms with Gasteiger partial charge in [-0.1, -0.05) is 6.07 Å². The molecule has 128 valence electrons. The van der Waals surface area contributed by atoms with Gasteiger partial charge in [0.1, 0.15) is 5.82 Å². The highest BCUT2D eigenvalue weighted by atomic mass is 19.1. The number of aromatic nitrogens is 2. The minimum absolute atomic E-state index is 0.00132. The molecule has 0 saturated heterocycles. The number of rotatable bonds is 7. The number of halogens is 1. The summed E-state index contributed by atoms with van der Waals surface area (Å²) >= 11 is 0. The Kier molecular flexibility index (Phi) is 6.06. The summed E-state index contributed by atoms with van der Waals surface area (Å²) in [5.74, 6) is -1.10. The van der Waals surface area contributed by atoms with E-state index in [4.69, 9.17) is 0 Å². The molecule has 0 bridgehead atoms. The molecule has 0 spiro atoms. The van der Waals surface area contributed by atoms with Crippen molar-refractivity contribution in [1.82, 2.24) is 14.9 Å². The third kappa shape index (κ3) is 5.19. The minimum Gasteiger partial charge on any atom is -0.354 e. The molecule has 0 unspecified atom stereocenters. The lowest BCUT2D eigenvalue weighted by molar-refractivity contribution is -0.124. The minimum atomic E-state index is -0.493. The van der Waals surface area contributed by atoms with E-state index in [0.29, 0.717) is 6.54 Å². The number of hydrogen-bond donors (Lipinski definition) is 2. The van der Waals surface area contributed by atoms with Crippen LogP contribution in [-0.4, -0.2) is 27.9 Å². The zero-order valence-electron chi connectivity index (χ0n) is 13.8. The van der Waals surface area contributed by atoms with Crippen molar-refractivity contribution in [2.75, 3.05) is 11.9 Å². The summed E-state index contributed by atoms with van der Waals surface area (Å²) in [5.41, 5.74) is 0.979. The van der Waals surface area contributed by atoms with Crippen molar-refractivity contribution < 1.29 is 14.0 Å². The Morgan fingerprint density at radius 1 is 1.29 bits per heavy atom. The monoisotopic (exact) mass is 332 g/mol. The van der Waals surface area contributed by atoms with Gasteiger partial charge in [0.2, 0.25) is 11.8 Å². The third-order valence-electron chi connectivity index (χ3n) is 3.60. The number of carbonyl (C=O) groups is 2.